The molecule has 6 heteroatoms. The fraction of sp³-hybridized carbons (Fsp3) is 0.0833. The molecule has 0 saturated heterocycles. The van der Waals surface area contributed by atoms with Crippen LogP contribution >= 0.6 is 0 Å². The summed E-state index contributed by atoms with van der Waals surface area (Å²) in [5.74, 6) is 1.35. The predicted molar refractivity (Wildman–Crippen MR) is 118 cm³/mol. The number of urea groups is 1. The first-order chi connectivity index (χ1) is 14.6. The van der Waals surface area contributed by atoms with Crippen LogP contribution in [0.3, 0.4) is 0 Å². The topological polar surface area (TPSA) is 76.7 Å². The summed E-state index contributed by atoms with van der Waals surface area (Å²) in [4.78, 5) is 24.5. The highest BCUT2D eigenvalue weighted by Crippen LogP contribution is 2.17. The molecule has 3 rings (SSSR count). The predicted octanol–water partition coefficient (Wildman–Crippen LogP) is 5.24. The van der Waals surface area contributed by atoms with E-state index in [-0.39, 0.29) is 11.8 Å². The lowest BCUT2D eigenvalue weighted by Gasteiger charge is -2.08. The zero-order valence-corrected chi connectivity index (χ0v) is 16.7. The Hall–Kier alpha value is -4.06. The Morgan fingerprint density at radius 3 is 1.67 bits per heavy atom. The van der Waals surface area contributed by atoms with Gasteiger partial charge in [-0.05, 0) is 72.3 Å². The van der Waals surface area contributed by atoms with Crippen LogP contribution in [0.2, 0.25) is 0 Å². The SMILES string of the molecule is COc1ccc(/C=C/C(=O)c2ccc(NC(=O)Nc3ccc(OC)cc3)cc2)cc1. The molecule has 3 aromatic carbocycles. The van der Waals surface area contributed by atoms with Crippen LogP contribution in [0.25, 0.3) is 6.08 Å². The standard InChI is InChI=1S/C24H22N2O4/c1-29-21-12-3-17(4-13-21)5-16-23(27)18-6-8-19(9-7-18)25-24(28)26-20-10-14-22(30-2)15-11-20/h3-16H,1-2H3,(H2,25,26,28)/b16-5+. The van der Waals surface area contributed by atoms with Crippen molar-refractivity contribution in [1.82, 2.24) is 0 Å². The van der Waals surface area contributed by atoms with Crippen molar-refractivity contribution in [1.29, 1.82) is 0 Å². The molecule has 2 N–H and O–H groups in total. The third-order valence-electron chi connectivity index (χ3n) is 4.32. The first-order valence-corrected chi connectivity index (χ1v) is 9.26. The summed E-state index contributed by atoms with van der Waals surface area (Å²) in [6.45, 7) is 0. The van der Waals surface area contributed by atoms with Crippen LogP contribution in [0.1, 0.15) is 15.9 Å². The van der Waals surface area contributed by atoms with E-state index in [0.717, 1.165) is 11.3 Å². The molecule has 3 aromatic rings. The van der Waals surface area contributed by atoms with Crippen LogP contribution in [0.4, 0.5) is 16.2 Å². The monoisotopic (exact) mass is 402 g/mol. The number of ether oxygens (including phenoxy) is 2. The summed E-state index contributed by atoms with van der Waals surface area (Å²) < 4.78 is 10.2. The summed E-state index contributed by atoms with van der Waals surface area (Å²) in [7, 11) is 3.19. The average Bonchev–Trinajstić information content (AvgIpc) is 2.78. The maximum Gasteiger partial charge on any atom is 0.323 e. The van der Waals surface area contributed by atoms with Gasteiger partial charge in [-0.3, -0.25) is 4.79 Å². The zero-order chi connectivity index (χ0) is 21.3. The summed E-state index contributed by atoms with van der Waals surface area (Å²) in [5.41, 5.74) is 2.65. The van der Waals surface area contributed by atoms with Crippen LogP contribution in [0.5, 0.6) is 11.5 Å². The van der Waals surface area contributed by atoms with Gasteiger partial charge in [0.1, 0.15) is 11.5 Å². The third kappa shape index (κ3) is 5.72. The van der Waals surface area contributed by atoms with Gasteiger partial charge in [0.15, 0.2) is 5.78 Å². The Balaban J connectivity index is 1.55. The number of methoxy groups -OCH3 is 2. The first kappa shape index (κ1) is 20.7. The molecule has 0 saturated carbocycles. The number of amides is 2. The third-order valence-corrected chi connectivity index (χ3v) is 4.32. The minimum atomic E-state index is -0.376. The number of hydrogen-bond donors (Lipinski definition) is 2. The largest absolute Gasteiger partial charge is 0.497 e. The molecule has 0 aliphatic carbocycles. The van der Waals surface area contributed by atoms with E-state index in [1.54, 1.807) is 68.8 Å². The van der Waals surface area contributed by atoms with E-state index in [1.807, 2.05) is 24.3 Å². The normalized spacial score (nSPS) is 10.5. The second-order valence-corrected chi connectivity index (χ2v) is 6.36. The highest BCUT2D eigenvalue weighted by molar-refractivity contribution is 6.07. The summed E-state index contributed by atoms with van der Waals surface area (Å²) in [5, 5.41) is 5.46. The van der Waals surface area contributed by atoms with Crippen molar-refractivity contribution in [2.45, 2.75) is 0 Å². The maximum atomic E-state index is 12.3. The molecular formula is C24H22N2O4. The van der Waals surface area contributed by atoms with Gasteiger partial charge in [0.2, 0.25) is 0 Å². The molecule has 30 heavy (non-hydrogen) atoms. The molecule has 0 unspecified atom stereocenters. The number of hydrogen-bond acceptors (Lipinski definition) is 4. The molecule has 0 aromatic heterocycles. The van der Waals surface area contributed by atoms with Gasteiger partial charge in [-0.2, -0.15) is 0 Å². The van der Waals surface area contributed by atoms with Gasteiger partial charge in [0, 0.05) is 16.9 Å². The highest BCUT2D eigenvalue weighted by atomic mass is 16.5. The molecular weight excluding hydrogens is 380 g/mol. The fourth-order valence-electron chi connectivity index (χ4n) is 2.67. The van der Waals surface area contributed by atoms with Gasteiger partial charge >= 0.3 is 6.03 Å². The molecule has 0 aliphatic heterocycles. The maximum absolute atomic E-state index is 12.3. The number of carbonyl (C=O) groups is 2. The molecule has 0 radical (unpaired) electrons. The van der Waals surface area contributed by atoms with Crippen molar-refractivity contribution < 1.29 is 19.1 Å². The summed E-state index contributed by atoms with van der Waals surface area (Å²) in [6, 6.07) is 20.8. The number of anilines is 2. The minimum Gasteiger partial charge on any atom is -0.497 e. The lowest BCUT2D eigenvalue weighted by atomic mass is 10.1. The van der Waals surface area contributed by atoms with Crippen LogP contribution in [-0.2, 0) is 0 Å². The lowest BCUT2D eigenvalue weighted by molar-refractivity contribution is 0.104. The van der Waals surface area contributed by atoms with Gasteiger partial charge in [0.25, 0.3) is 0 Å². The number of allylic oxidation sites excluding steroid dienone is 1. The number of rotatable bonds is 7. The smallest absolute Gasteiger partial charge is 0.323 e. The molecule has 6 nitrogen and oxygen atoms in total. The van der Waals surface area contributed by atoms with Crippen LogP contribution in [0, 0.1) is 0 Å². The lowest BCUT2D eigenvalue weighted by Crippen LogP contribution is -2.19. The first-order valence-electron chi connectivity index (χ1n) is 9.26. The molecule has 0 fully saturated rings. The van der Waals surface area contributed by atoms with Crippen molar-refractivity contribution in [3.05, 3.63) is 90.0 Å². The minimum absolute atomic E-state index is 0.125. The molecule has 2 amide bonds. The van der Waals surface area contributed by atoms with E-state index >= 15 is 0 Å². The van der Waals surface area contributed by atoms with E-state index in [0.29, 0.717) is 22.7 Å². The van der Waals surface area contributed by atoms with Gasteiger partial charge in [-0.15, -0.1) is 0 Å². The highest BCUT2D eigenvalue weighted by Gasteiger charge is 2.05. The second kappa shape index (κ2) is 9.93. The molecule has 0 bridgehead atoms. The Kier molecular flexibility index (Phi) is 6.84. The van der Waals surface area contributed by atoms with Gasteiger partial charge < -0.3 is 20.1 Å². The van der Waals surface area contributed by atoms with Gasteiger partial charge in [0.05, 0.1) is 14.2 Å². The average molecular weight is 402 g/mol. The van der Waals surface area contributed by atoms with E-state index in [1.165, 1.54) is 6.08 Å². The molecule has 152 valence electrons. The fourth-order valence-corrected chi connectivity index (χ4v) is 2.67. The summed E-state index contributed by atoms with van der Waals surface area (Å²) >= 11 is 0. The zero-order valence-electron chi connectivity index (χ0n) is 16.7. The second-order valence-electron chi connectivity index (χ2n) is 6.36. The van der Waals surface area contributed by atoms with E-state index < -0.39 is 0 Å². The van der Waals surface area contributed by atoms with Crippen LogP contribution in [-0.4, -0.2) is 26.0 Å². The van der Waals surface area contributed by atoms with Crippen molar-refractivity contribution in [3.63, 3.8) is 0 Å². The number of carbonyl (C=O) groups excluding carboxylic acids is 2. The van der Waals surface area contributed by atoms with Gasteiger partial charge in [-0.1, -0.05) is 18.2 Å². The summed E-state index contributed by atoms with van der Waals surface area (Å²) in [6.07, 6.45) is 3.26. The van der Waals surface area contributed by atoms with Gasteiger partial charge in [-0.25, -0.2) is 4.79 Å². The Labute approximate surface area is 175 Å². The molecule has 0 spiro atoms. The Morgan fingerprint density at radius 1 is 0.700 bits per heavy atom. The Morgan fingerprint density at radius 2 is 1.17 bits per heavy atom. The van der Waals surface area contributed by atoms with Crippen LogP contribution in [0.15, 0.2) is 78.9 Å². The quantitative estimate of drug-likeness (QED) is 0.418. The van der Waals surface area contributed by atoms with E-state index in [4.69, 9.17) is 9.47 Å². The van der Waals surface area contributed by atoms with Crippen molar-refractivity contribution >= 4 is 29.3 Å². The Bertz CT molecular complexity index is 1020. The molecule has 0 heterocycles. The number of benzene rings is 3. The van der Waals surface area contributed by atoms with E-state index in [9.17, 15) is 9.59 Å². The number of nitrogens with one attached hydrogen (secondary N) is 2. The van der Waals surface area contributed by atoms with Crippen molar-refractivity contribution in [2.75, 3.05) is 24.9 Å². The van der Waals surface area contributed by atoms with Crippen LogP contribution < -0.4 is 20.1 Å². The number of ketones is 1. The molecule has 0 atom stereocenters. The van der Waals surface area contributed by atoms with E-state index in [2.05, 4.69) is 10.6 Å². The van der Waals surface area contributed by atoms with Crippen molar-refractivity contribution in [2.24, 2.45) is 0 Å². The molecule has 0 aliphatic rings. The van der Waals surface area contributed by atoms with Crippen molar-refractivity contribution in [3.8, 4) is 11.5 Å².